The van der Waals surface area contributed by atoms with Gasteiger partial charge < -0.3 is 15.6 Å². The maximum Gasteiger partial charge on any atom is 0.238 e. The Kier molecular flexibility index (Phi) is 7.18. The zero-order chi connectivity index (χ0) is 24.9. The molecule has 2 heterocycles. The van der Waals surface area contributed by atoms with E-state index in [0.29, 0.717) is 11.5 Å². The van der Waals surface area contributed by atoms with Crippen molar-refractivity contribution in [3.8, 4) is 0 Å². The van der Waals surface area contributed by atoms with Gasteiger partial charge in [-0.1, -0.05) is 18.2 Å². The van der Waals surface area contributed by atoms with Gasteiger partial charge >= 0.3 is 0 Å². The Bertz CT molecular complexity index is 1420. The molecule has 180 valence electrons. The summed E-state index contributed by atoms with van der Waals surface area (Å²) in [6.45, 7) is 0.213. The van der Waals surface area contributed by atoms with Crippen LogP contribution in [0.1, 0.15) is 5.56 Å². The van der Waals surface area contributed by atoms with E-state index in [-0.39, 0.29) is 22.3 Å². The number of aromatic nitrogens is 2. The van der Waals surface area contributed by atoms with Gasteiger partial charge in [0.05, 0.1) is 32.3 Å². The third-order valence-corrected chi connectivity index (χ3v) is 6.44. The SMILES string of the molecule is N/C=C\N(N)c1cccc(Cn2cc(S(=O)CC(=O)Nc3ccccn3)c3c(F)cc(F)cc32)c1. The number of hydrazine groups is 1. The lowest BCUT2D eigenvalue weighted by atomic mass is 10.2. The van der Waals surface area contributed by atoms with E-state index in [2.05, 4.69) is 10.3 Å². The molecule has 35 heavy (non-hydrogen) atoms. The summed E-state index contributed by atoms with van der Waals surface area (Å²) >= 11 is 0. The number of rotatable bonds is 8. The molecule has 0 spiro atoms. The van der Waals surface area contributed by atoms with Gasteiger partial charge in [0.1, 0.15) is 23.2 Å². The number of nitrogens with one attached hydrogen (secondary N) is 1. The van der Waals surface area contributed by atoms with Gasteiger partial charge in [0.15, 0.2) is 0 Å². The second-order valence-corrected chi connectivity index (χ2v) is 8.99. The van der Waals surface area contributed by atoms with Crippen LogP contribution >= 0.6 is 0 Å². The van der Waals surface area contributed by atoms with E-state index in [4.69, 9.17) is 11.6 Å². The molecule has 0 aliphatic rings. The molecule has 1 amide bonds. The number of pyridine rings is 1. The predicted octanol–water partition coefficient (Wildman–Crippen LogP) is 3.22. The van der Waals surface area contributed by atoms with Crippen LogP contribution in [0.15, 0.2) is 84.3 Å². The Balaban J connectivity index is 1.65. The molecule has 0 fully saturated rings. The first kappa shape index (κ1) is 24.0. The van der Waals surface area contributed by atoms with Crippen molar-refractivity contribution in [2.75, 3.05) is 16.1 Å². The summed E-state index contributed by atoms with van der Waals surface area (Å²) in [6.07, 6.45) is 5.76. The number of benzene rings is 2. The number of hydrogen-bond donors (Lipinski definition) is 3. The van der Waals surface area contributed by atoms with Crippen molar-refractivity contribution >= 4 is 39.1 Å². The first-order valence-corrected chi connectivity index (χ1v) is 11.8. The van der Waals surface area contributed by atoms with E-state index < -0.39 is 34.1 Å². The van der Waals surface area contributed by atoms with Crippen molar-refractivity contribution in [1.82, 2.24) is 9.55 Å². The van der Waals surface area contributed by atoms with Gasteiger partial charge in [0.25, 0.3) is 0 Å². The average molecular weight is 497 g/mol. The molecule has 8 nitrogen and oxygen atoms in total. The van der Waals surface area contributed by atoms with Crippen LogP contribution in [0, 0.1) is 11.6 Å². The average Bonchev–Trinajstić information content (AvgIpc) is 3.18. The highest BCUT2D eigenvalue weighted by atomic mass is 32.2. The van der Waals surface area contributed by atoms with E-state index in [1.807, 2.05) is 6.07 Å². The van der Waals surface area contributed by atoms with Gasteiger partial charge in [-0.05, 0) is 35.9 Å². The lowest BCUT2D eigenvalue weighted by Gasteiger charge is -2.15. The maximum absolute atomic E-state index is 14.8. The molecule has 0 aliphatic heterocycles. The van der Waals surface area contributed by atoms with Crippen LogP contribution in [-0.2, 0) is 22.1 Å². The molecule has 1 unspecified atom stereocenters. The van der Waals surface area contributed by atoms with Crippen molar-refractivity contribution in [1.29, 1.82) is 0 Å². The van der Waals surface area contributed by atoms with Crippen molar-refractivity contribution < 1.29 is 17.8 Å². The summed E-state index contributed by atoms with van der Waals surface area (Å²) < 4.78 is 43.6. The van der Waals surface area contributed by atoms with Crippen LogP contribution in [-0.4, -0.2) is 25.4 Å². The topological polar surface area (TPSA) is 119 Å². The summed E-state index contributed by atoms with van der Waals surface area (Å²) in [4.78, 5) is 16.5. The molecule has 0 radical (unpaired) electrons. The molecule has 1 atom stereocenters. The smallest absolute Gasteiger partial charge is 0.238 e. The predicted molar refractivity (Wildman–Crippen MR) is 132 cm³/mol. The normalized spacial score (nSPS) is 12.2. The van der Waals surface area contributed by atoms with Crippen LogP contribution in [0.2, 0.25) is 0 Å². The van der Waals surface area contributed by atoms with Crippen molar-refractivity contribution in [3.63, 3.8) is 0 Å². The van der Waals surface area contributed by atoms with E-state index in [1.165, 1.54) is 35.9 Å². The second kappa shape index (κ2) is 10.5. The number of amides is 1. The molecule has 0 bridgehead atoms. The highest BCUT2D eigenvalue weighted by Crippen LogP contribution is 2.29. The van der Waals surface area contributed by atoms with Gasteiger partial charge in [0.2, 0.25) is 5.91 Å². The molecule has 4 aromatic rings. The molecule has 2 aromatic carbocycles. The minimum Gasteiger partial charge on any atom is -0.403 e. The number of fused-ring (bicyclic) bond motifs is 1. The second-order valence-electron chi connectivity index (χ2n) is 7.57. The number of nitrogens with two attached hydrogens (primary N) is 2. The fourth-order valence-corrected chi connectivity index (χ4v) is 4.75. The van der Waals surface area contributed by atoms with Crippen molar-refractivity contribution in [3.05, 3.63) is 96.6 Å². The highest BCUT2D eigenvalue weighted by Gasteiger charge is 2.21. The van der Waals surface area contributed by atoms with Gasteiger partial charge in [-0.3, -0.25) is 14.0 Å². The maximum atomic E-state index is 14.8. The van der Waals surface area contributed by atoms with Gasteiger partial charge in [0, 0.05) is 37.4 Å². The fourth-order valence-electron chi connectivity index (χ4n) is 3.61. The fraction of sp³-hybridized carbons (Fsp3) is 0.0833. The van der Waals surface area contributed by atoms with Gasteiger partial charge in [-0.15, -0.1) is 0 Å². The Morgan fingerprint density at radius 2 is 2.00 bits per heavy atom. The van der Waals surface area contributed by atoms with E-state index in [9.17, 15) is 17.8 Å². The molecule has 0 saturated carbocycles. The van der Waals surface area contributed by atoms with Crippen LogP contribution in [0.25, 0.3) is 10.9 Å². The number of carbonyl (C=O) groups excluding carboxylic acids is 1. The van der Waals surface area contributed by atoms with Gasteiger partial charge in [-0.2, -0.15) is 0 Å². The molecule has 2 aromatic heterocycles. The zero-order valence-electron chi connectivity index (χ0n) is 18.4. The Morgan fingerprint density at radius 1 is 1.17 bits per heavy atom. The summed E-state index contributed by atoms with van der Waals surface area (Å²) in [5.74, 6) is 3.63. The summed E-state index contributed by atoms with van der Waals surface area (Å²) in [7, 11) is -1.90. The number of hydrogen-bond acceptors (Lipinski definition) is 6. The lowest BCUT2D eigenvalue weighted by molar-refractivity contribution is -0.113. The van der Waals surface area contributed by atoms with E-state index in [0.717, 1.165) is 11.6 Å². The molecule has 11 heteroatoms. The van der Waals surface area contributed by atoms with Crippen molar-refractivity contribution in [2.45, 2.75) is 11.4 Å². The molecule has 5 N–H and O–H groups in total. The third kappa shape index (κ3) is 5.53. The summed E-state index contributed by atoms with van der Waals surface area (Å²) in [5.41, 5.74) is 7.02. The Morgan fingerprint density at radius 3 is 2.74 bits per heavy atom. The monoisotopic (exact) mass is 496 g/mol. The molecule has 0 saturated heterocycles. The van der Waals surface area contributed by atoms with Crippen LogP contribution in [0.5, 0.6) is 0 Å². The third-order valence-electron chi connectivity index (χ3n) is 5.11. The van der Waals surface area contributed by atoms with Gasteiger partial charge in [-0.25, -0.2) is 19.6 Å². The summed E-state index contributed by atoms with van der Waals surface area (Å²) in [5, 5.41) is 3.88. The lowest BCUT2D eigenvalue weighted by Crippen LogP contribution is -2.24. The van der Waals surface area contributed by atoms with Crippen molar-refractivity contribution in [2.24, 2.45) is 11.6 Å². The molecular formula is C24H22F2N6O2S. The molecule has 4 rings (SSSR count). The molecular weight excluding hydrogens is 474 g/mol. The largest absolute Gasteiger partial charge is 0.403 e. The minimum absolute atomic E-state index is 0.00181. The first-order chi connectivity index (χ1) is 16.9. The number of halogens is 2. The Hall–Kier alpha value is -4.09. The van der Waals surface area contributed by atoms with E-state index in [1.54, 1.807) is 41.0 Å². The highest BCUT2D eigenvalue weighted by molar-refractivity contribution is 7.86. The van der Waals surface area contributed by atoms with E-state index >= 15 is 0 Å². The number of anilines is 2. The van der Waals surface area contributed by atoms with Crippen LogP contribution in [0.3, 0.4) is 0 Å². The minimum atomic E-state index is -1.90. The summed E-state index contributed by atoms with van der Waals surface area (Å²) in [6, 6.07) is 14.1. The van der Waals surface area contributed by atoms with Crippen LogP contribution < -0.4 is 21.9 Å². The quantitative estimate of drug-likeness (QED) is 0.255. The number of nitrogens with zero attached hydrogens (tertiary/aromatic N) is 3. The van der Waals surface area contributed by atoms with Crippen LogP contribution in [0.4, 0.5) is 20.3 Å². The standard InChI is InChI=1S/C24H22F2N6O2S/c25-17-11-19(26)24-20(12-17)31(13-16-4-3-5-18(10-16)32(28)9-7-27)14-21(24)35(34)15-23(33)30-22-6-1-2-8-29-22/h1-12,14H,13,15,27-28H2,(H,29,30,33)/b9-7-. The molecule has 0 aliphatic carbocycles. The number of carbonyl (C=O) groups is 1. The first-order valence-electron chi connectivity index (χ1n) is 10.4. The zero-order valence-corrected chi connectivity index (χ0v) is 19.2. The Labute approximate surface area is 202 Å².